The Bertz CT molecular complexity index is 578. The van der Waals surface area contributed by atoms with E-state index in [-0.39, 0.29) is 5.69 Å². The highest BCUT2D eigenvalue weighted by Gasteiger charge is 2.14. The summed E-state index contributed by atoms with van der Waals surface area (Å²) in [7, 11) is 3.42. The molecular formula is C11H12FN5O. The van der Waals surface area contributed by atoms with Crippen LogP contribution in [0, 0.1) is 5.82 Å². The van der Waals surface area contributed by atoms with Gasteiger partial charge in [-0.05, 0) is 12.1 Å². The van der Waals surface area contributed by atoms with Crippen LogP contribution in [0.15, 0.2) is 24.4 Å². The van der Waals surface area contributed by atoms with Crippen LogP contribution in [0.5, 0.6) is 0 Å². The first-order chi connectivity index (χ1) is 8.49. The predicted molar refractivity (Wildman–Crippen MR) is 64.0 cm³/mol. The van der Waals surface area contributed by atoms with Gasteiger partial charge in [-0.2, -0.15) is 5.10 Å². The van der Waals surface area contributed by atoms with Gasteiger partial charge in [-0.3, -0.25) is 9.48 Å². The molecule has 0 aliphatic rings. The van der Waals surface area contributed by atoms with Gasteiger partial charge in [0, 0.05) is 20.2 Å². The molecule has 0 saturated carbocycles. The number of primary amides is 1. The summed E-state index contributed by atoms with van der Waals surface area (Å²) in [5.74, 6) is 0.158. The molecule has 0 unspecified atom stereocenters. The summed E-state index contributed by atoms with van der Waals surface area (Å²) < 4.78 is 14.3. The lowest BCUT2D eigenvalue weighted by atomic mass is 10.4. The number of halogens is 1. The Labute approximate surface area is 103 Å². The van der Waals surface area contributed by atoms with Gasteiger partial charge in [0.1, 0.15) is 17.5 Å². The van der Waals surface area contributed by atoms with Gasteiger partial charge in [0.25, 0.3) is 5.91 Å². The molecule has 2 heterocycles. The Morgan fingerprint density at radius 2 is 2.22 bits per heavy atom. The first-order valence-corrected chi connectivity index (χ1v) is 5.18. The molecule has 2 aromatic heterocycles. The Balaban J connectivity index is 2.36. The number of pyridine rings is 1. The zero-order chi connectivity index (χ0) is 13.3. The zero-order valence-electron chi connectivity index (χ0n) is 9.96. The molecule has 18 heavy (non-hydrogen) atoms. The summed E-state index contributed by atoms with van der Waals surface area (Å²) in [5, 5.41) is 3.97. The summed E-state index contributed by atoms with van der Waals surface area (Å²) >= 11 is 0. The molecule has 94 valence electrons. The number of rotatable bonds is 3. The van der Waals surface area contributed by atoms with E-state index in [9.17, 15) is 9.18 Å². The SMILES string of the molecule is CN(c1ccc(F)cn1)c1cc(C(N)=O)nn1C. The van der Waals surface area contributed by atoms with Gasteiger partial charge in [-0.15, -0.1) is 0 Å². The Kier molecular flexibility index (Phi) is 2.97. The largest absolute Gasteiger partial charge is 0.364 e. The molecule has 0 bridgehead atoms. The van der Waals surface area contributed by atoms with E-state index in [0.717, 1.165) is 6.20 Å². The monoisotopic (exact) mass is 249 g/mol. The maximum Gasteiger partial charge on any atom is 0.269 e. The molecule has 0 aromatic carbocycles. The van der Waals surface area contributed by atoms with Crippen LogP contribution in [0.3, 0.4) is 0 Å². The van der Waals surface area contributed by atoms with Gasteiger partial charge in [-0.25, -0.2) is 9.37 Å². The van der Waals surface area contributed by atoms with Gasteiger partial charge in [0.05, 0.1) is 6.20 Å². The van der Waals surface area contributed by atoms with Gasteiger partial charge < -0.3 is 10.6 Å². The third-order valence-corrected chi connectivity index (χ3v) is 2.51. The molecule has 0 aliphatic heterocycles. The van der Waals surface area contributed by atoms with Crippen LogP contribution in [0.1, 0.15) is 10.5 Å². The van der Waals surface area contributed by atoms with Gasteiger partial charge in [-0.1, -0.05) is 0 Å². The van der Waals surface area contributed by atoms with E-state index in [2.05, 4.69) is 10.1 Å². The molecule has 0 aliphatic carbocycles. The van der Waals surface area contributed by atoms with Crippen molar-refractivity contribution in [3.63, 3.8) is 0 Å². The van der Waals surface area contributed by atoms with E-state index < -0.39 is 11.7 Å². The molecule has 0 radical (unpaired) electrons. The molecule has 0 fully saturated rings. The second kappa shape index (κ2) is 4.44. The van der Waals surface area contributed by atoms with Gasteiger partial charge in [0.15, 0.2) is 5.69 Å². The summed E-state index contributed by atoms with van der Waals surface area (Å²) in [4.78, 5) is 16.7. The second-order valence-corrected chi connectivity index (χ2v) is 3.77. The van der Waals surface area contributed by atoms with E-state index in [0.29, 0.717) is 11.6 Å². The summed E-state index contributed by atoms with van der Waals surface area (Å²) in [6, 6.07) is 4.39. The highest BCUT2D eigenvalue weighted by atomic mass is 19.1. The first kappa shape index (κ1) is 12.0. The average molecular weight is 249 g/mol. The minimum absolute atomic E-state index is 0.168. The van der Waals surface area contributed by atoms with E-state index in [1.165, 1.54) is 16.8 Å². The first-order valence-electron chi connectivity index (χ1n) is 5.18. The summed E-state index contributed by atoms with van der Waals surface area (Å²) in [6.45, 7) is 0. The molecule has 0 saturated heterocycles. The maximum absolute atomic E-state index is 12.8. The smallest absolute Gasteiger partial charge is 0.269 e. The lowest BCUT2D eigenvalue weighted by molar-refractivity contribution is 0.0995. The number of amides is 1. The van der Waals surface area contributed by atoms with Crippen LogP contribution in [-0.2, 0) is 7.05 Å². The number of aromatic nitrogens is 3. The third kappa shape index (κ3) is 2.15. The minimum atomic E-state index is -0.600. The number of carbonyl (C=O) groups excluding carboxylic acids is 1. The van der Waals surface area contributed by atoms with E-state index in [1.54, 1.807) is 25.1 Å². The molecule has 0 spiro atoms. The second-order valence-electron chi connectivity index (χ2n) is 3.77. The maximum atomic E-state index is 12.8. The number of hydrogen-bond acceptors (Lipinski definition) is 4. The third-order valence-electron chi connectivity index (χ3n) is 2.51. The van der Waals surface area contributed by atoms with Crippen LogP contribution in [-0.4, -0.2) is 27.7 Å². The fourth-order valence-electron chi connectivity index (χ4n) is 1.58. The van der Waals surface area contributed by atoms with E-state index >= 15 is 0 Å². The van der Waals surface area contributed by atoms with E-state index in [1.807, 2.05) is 0 Å². The van der Waals surface area contributed by atoms with Crippen molar-refractivity contribution >= 4 is 17.5 Å². The van der Waals surface area contributed by atoms with Crippen LogP contribution < -0.4 is 10.6 Å². The standard InChI is InChI=1S/C11H12FN5O/c1-16(9-4-3-7(12)6-14-9)10-5-8(11(13)18)15-17(10)2/h3-6H,1-2H3,(H2,13,18). The average Bonchev–Trinajstić information content (AvgIpc) is 2.71. The number of nitrogens with two attached hydrogens (primary N) is 1. The number of aryl methyl sites for hydroxylation is 1. The predicted octanol–water partition coefficient (Wildman–Crippen LogP) is 0.821. The van der Waals surface area contributed by atoms with Crippen LogP contribution in [0.25, 0.3) is 0 Å². The molecule has 1 amide bonds. The molecule has 2 aromatic rings. The van der Waals surface area contributed by atoms with Gasteiger partial charge >= 0.3 is 0 Å². The van der Waals surface area contributed by atoms with Crippen molar-refractivity contribution in [2.75, 3.05) is 11.9 Å². The fourth-order valence-corrected chi connectivity index (χ4v) is 1.58. The molecular weight excluding hydrogens is 237 g/mol. The molecule has 2 rings (SSSR count). The van der Waals surface area contributed by atoms with Crippen LogP contribution >= 0.6 is 0 Å². The van der Waals surface area contributed by atoms with Crippen molar-refractivity contribution in [3.8, 4) is 0 Å². The normalized spacial score (nSPS) is 10.4. The highest BCUT2D eigenvalue weighted by Crippen LogP contribution is 2.21. The van der Waals surface area contributed by atoms with Crippen molar-refractivity contribution in [2.45, 2.75) is 0 Å². The number of nitrogens with zero attached hydrogens (tertiary/aromatic N) is 4. The molecule has 2 N–H and O–H groups in total. The zero-order valence-corrected chi connectivity index (χ0v) is 9.96. The molecule has 6 nitrogen and oxygen atoms in total. The highest BCUT2D eigenvalue weighted by molar-refractivity contribution is 5.91. The van der Waals surface area contributed by atoms with Crippen molar-refractivity contribution in [1.82, 2.24) is 14.8 Å². The quantitative estimate of drug-likeness (QED) is 0.873. The number of hydrogen-bond donors (Lipinski definition) is 1. The lowest BCUT2D eigenvalue weighted by Crippen LogP contribution is -2.14. The van der Waals surface area contributed by atoms with Crippen LogP contribution in [0.2, 0.25) is 0 Å². The minimum Gasteiger partial charge on any atom is -0.364 e. The van der Waals surface area contributed by atoms with Crippen LogP contribution in [0.4, 0.5) is 16.0 Å². The summed E-state index contributed by atoms with van der Waals surface area (Å²) in [5.41, 5.74) is 5.32. The fraction of sp³-hybridized carbons (Fsp3) is 0.182. The Morgan fingerprint density at radius 3 is 2.72 bits per heavy atom. The van der Waals surface area contributed by atoms with Crippen molar-refractivity contribution in [3.05, 3.63) is 35.9 Å². The van der Waals surface area contributed by atoms with Gasteiger partial charge in [0.2, 0.25) is 0 Å². The van der Waals surface area contributed by atoms with Crippen molar-refractivity contribution in [2.24, 2.45) is 12.8 Å². The Morgan fingerprint density at radius 1 is 1.50 bits per heavy atom. The summed E-state index contributed by atoms with van der Waals surface area (Å²) in [6.07, 6.45) is 1.12. The van der Waals surface area contributed by atoms with E-state index in [4.69, 9.17) is 5.73 Å². The topological polar surface area (TPSA) is 77.0 Å². The molecule has 7 heteroatoms. The van der Waals surface area contributed by atoms with Crippen molar-refractivity contribution in [1.29, 1.82) is 0 Å². The molecule has 0 atom stereocenters. The van der Waals surface area contributed by atoms with Crippen molar-refractivity contribution < 1.29 is 9.18 Å². The number of carbonyl (C=O) groups is 1. The Hall–Kier alpha value is -2.44. The lowest BCUT2D eigenvalue weighted by Gasteiger charge is -2.17. The number of anilines is 2.